The summed E-state index contributed by atoms with van der Waals surface area (Å²) in [5.41, 5.74) is -0.477. The van der Waals surface area contributed by atoms with Crippen molar-refractivity contribution in [2.24, 2.45) is 11.8 Å². The third-order valence-corrected chi connectivity index (χ3v) is 9.44. The highest BCUT2D eigenvalue weighted by Crippen LogP contribution is 2.64. The minimum absolute atomic E-state index is 0.0284. The average Bonchev–Trinajstić information content (AvgIpc) is 3.64. The summed E-state index contributed by atoms with van der Waals surface area (Å²) in [4.78, 5) is 48.3. The molecule has 3 amide bonds. The summed E-state index contributed by atoms with van der Waals surface area (Å²) in [5.74, 6) is -1.80. The topological polar surface area (TPSA) is 99.6 Å². The Bertz CT molecular complexity index is 1380. The number of fused-ring (bicyclic) bond motifs is 1. The highest BCUT2D eigenvalue weighted by atomic mass is 16.5. The van der Waals surface area contributed by atoms with Crippen LogP contribution in [-0.2, 0) is 25.7 Å². The number of hydrogen-bond acceptors (Lipinski definition) is 6. The molecule has 0 aliphatic carbocycles. The van der Waals surface area contributed by atoms with Gasteiger partial charge >= 0.3 is 0 Å². The molecule has 9 heteroatoms. The van der Waals surface area contributed by atoms with Gasteiger partial charge < -0.3 is 29.3 Å². The van der Waals surface area contributed by atoms with Gasteiger partial charge in [-0.1, -0.05) is 49.4 Å². The Kier molecular flexibility index (Phi) is 9.27. The number of nitrogens with zero attached hydrogens (tertiary/aromatic N) is 3. The van der Waals surface area contributed by atoms with E-state index in [0.717, 1.165) is 5.56 Å². The van der Waals surface area contributed by atoms with Crippen LogP contribution in [0.3, 0.4) is 0 Å². The Morgan fingerprint density at radius 2 is 1.75 bits per heavy atom. The number of hydrogen-bond donors (Lipinski definition) is 1. The van der Waals surface area contributed by atoms with E-state index in [1.807, 2.05) is 68.4 Å². The molecule has 234 valence electrons. The number of likely N-dealkylation sites (tertiary alicyclic amines) is 1. The number of carbonyl (C=O) groups excluding carboxylic acids is 3. The number of benzene rings is 2. The van der Waals surface area contributed by atoms with Crippen molar-refractivity contribution in [3.05, 3.63) is 85.5 Å². The number of anilines is 1. The Morgan fingerprint density at radius 1 is 1.05 bits per heavy atom. The van der Waals surface area contributed by atoms with Gasteiger partial charge in [0.2, 0.25) is 17.7 Å². The number of amides is 3. The van der Waals surface area contributed by atoms with Gasteiger partial charge in [0.05, 0.1) is 30.7 Å². The minimum Gasteiger partial charge on any atom is -0.494 e. The zero-order chi connectivity index (χ0) is 31.5. The van der Waals surface area contributed by atoms with E-state index in [9.17, 15) is 19.5 Å². The van der Waals surface area contributed by atoms with Crippen molar-refractivity contribution in [3.63, 3.8) is 0 Å². The zero-order valence-electron chi connectivity index (χ0n) is 25.7. The van der Waals surface area contributed by atoms with Crippen LogP contribution in [-0.4, -0.2) is 82.7 Å². The molecule has 0 saturated carbocycles. The molecule has 0 radical (unpaired) electrons. The van der Waals surface area contributed by atoms with Gasteiger partial charge in [-0.2, -0.15) is 0 Å². The molecule has 3 aliphatic rings. The van der Waals surface area contributed by atoms with E-state index in [0.29, 0.717) is 43.9 Å². The second-order valence-corrected chi connectivity index (χ2v) is 11.7. The predicted molar refractivity (Wildman–Crippen MR) is 168 cm³/mol. The van der Waals surface area contributed by atoms with Crippen molar-refractivity contribution in [1.82, 2.24) is 9.80 Å². The largest absolute Gasteiger partial charge is 0.494 e. The summed E-state index contributed by atoms with van der Waals surface area (Å²) < 4.78 is 12.5. The van der Waals surface area contributed by atoms with Crippen LogP contribution in [0.2, 0.25) is 0 Å². The van der Waals surface area contributed by atoms with Crippen molar-refractivity contribution in [3.8, 4) is 5.75 Å². The fourth-order valence-electron chi connectivity index (χ4n) is 7.59. The van der Waals surface area contributed by atoms with E-state index in [4.69, 9.17) is 9.47 Å². The molecule has 2 aromatic rings. The summed E-state index contributed by atoms with van der Waals surface area (Å²) in [5, 5.41) is 10.0. The quantitative estimate of drug-likeness (QED) is 0.329. The van der Waals surface area contributed by atoms with Gasteiger partial charge in [0.15, 0.2) is 0 Å². The lowest BCUT2D eigenvalue weighted by molar-refractivity contribution is -0.153. The number of β-amino-alcohol motifs (C(OH)–C–C–N with tert-alkyl or cyclic N) is 1. The maximum atomic E-state index is 14.6. The van der Waals surface area contributed by atoms with Gasteiger partial charge in [-0.15, -0.1) is 13.2 Å². The average molecular weight is 602 g/mol. The molecule has 44 heavy (non-hydrogen) atoms. The van der Waals surface area contributed by atoms with Crippen molar-refractivity contribution in [2.75, 3.05) is 37.7 Å². The fraction of sp³-hybridized carbons (Fsp3) is 0.457. The maximum Gasteiger partial charge on any atom is 0.248 e. The van der Waals surface area contributed by atoms with Crippen LogP contribution in [0.25, 0.3) is 0 Å². The lowest BCUT2D eigenvalue weighted by Gasteiger charge is -2.37. The lowest BCUT2D eigenvalue weighted by Crippen LogP contribution is -2.56. The third kappa shape index (κ3) is 5.22. The molecule has 0 aromatic heterocycles. The Balaban J connectivity index is 1.54. The summed E-state index contributed by atoms with van der Waals surface area (Å²) in [7, 11) is 0. The Morgan fingerprint density at radius 3 is 2.36 bits per heavy atom. The summed E-state index contributed by atoms with van der Waals surface area (Å²) >= 11 is 0. The normalized spacial score (nSPS) is 26.8. The number of ether oxygens (including phenoxy) is 2. The van der Waals surface area contributed by atoms with Crippen LogP contribution in [0.5, 0.6) is 5.75 Å². The molecule has 3 fully saturated rings. The van der Waals surface area contributed by atoms with Crippen molar-refractivity contribution >= 4 is 23.4 Å². The van der Waals surface area contributed by atoms with Crippen LogP contribution >= 0.6 is 0 Å². The summed E-state index contributed by atoms with van der Waals surface area (Å²) in [6.45, 7) is 12.7. The van der Waals surface area contributed by atoms with Crippen molar-refractivity contribution in [1.29, 1.82) is 0 Å². The fourth-order valence-corrected chi connectivity index (χ4v) is 7.59. The maximum absolute atomic E-state index is 14.6. The monoisotopic (exact) mass is 601 g/mol. The van der Waals surface area contributed by atoms with E-state index in [-0.39, 0.29) is 44.0 Å². The van der Waals surface area contributed by atoms with E-state index in [2.05, 4.69) is 13.2 Å². The van der Waals surface area contributed by atoms with Gasteiger partial charge in [-0.25, -0.2) is 0 Å². The first-order chi connectivity index (χ1) is 21.3. The molecule has 1 N–H and O–H groups in total. The molecule has 2 unspecified atom stereocenters. The Hall–Kier alpha value is -3.95. The molecular weight excluding hydrogens is 558 g/mol. The molecule has 5 rings (SSSR count). The van der Waals surface area contributed by atoms with Crippen molar-refractivity contribution in [2.45, 2.75) is 56.9 Å². The first-order valence-electron chi connectivity index (χ1n) is 15.5. The highest BCUT2D eigenvalue weighted by Gasteiger charge is 2.79. The number of aliphatic hydroxyl groups is 1. The van der Waals surface area contributed by atoms with E-state index < -0.39 is 29.1 Å². The van der Waals surface area contributed by atoms with E-state index >= 15 is 0 Å². The first kappa shape index (κ1) is 31.5. The van der Waals surface area contributed by atoms with Crippen LogP contribution in [0.15, 0.2) is 79.9 Å². The summed E-state index contributed by atoms with van der Waals surface area (Å²) in [6, 6.07) is 16.0. The molecule has 9 nitrogen and oxygen atoms in total. The van der Waals surface area contributed by atoms with Crippen LogP contribution in [0, 0.1) is 11.8 Å². The van der Waals surface area contributed by atoms with Crippen molar-refractivity contribution < 1.29 is 29.0 Å². The molecule has 3 aliphatic heterocycles. The van der Waals surface area contributed by atoms with Crippen LogP contribution in [0.1, 0.15) is 38.7 Å². The zero-order valence-corrected chi connectivity index (χ0v) is 25.7. The standard InChI is InChI=1S/C35H43N3O6/c1-5-20-36(24-25-12-10-9-11-13-25)33(42)30-35-19-18-34(7-3,44-35)28(29(35)32(41)38(30)22-23-39)31(40)37(21-6-2)26-14-16-27(17-15-26)43-8-4/h5-6,9-17,28-30,39H,1-2,7-8,18-24H2,3-4H3/t28-,29-,30?,34+,35?/m0/s1. The van der Waals surface area contributed by atoms with Crippen LogP contribution in [0.4, 0.5) is 5.69 Å². The van der Waals surface area contributed by atoms with Gasteiger partial charge in [0, 0.05) is 31.9 Å². The smallest absolute Gasteiger partial charge is 0.248 e. The minimum atomic E-state index is -1.19. The molecule has 2 bridgehead atoms. The van der Waals surface area contributed by atoms with Gasteiger partial charge in [-0.05, 0) is 56.0 Å². The highest BCUT2D eigenvalue weighted by molar-refractivity contribution is 6.03. The molecule has 5 atom stereocenters. The molecule has 3 saturated heterocycles. The second-order valence-electron chi connectivity index (χ2n) is 11.7. The number of carbonyl (C=O) groups is 3. The van der Waals surface area contributed by atoms with Crippen LogP contribution < -0.4 is 9.64 Å². The molecule has 1 spiro atoms. The lowest BCUT2D eigenvalue weighted by atomic mass is 9.64. The number of aliphatic hydroxyl groups excluding tert-OH is 1. The second kappa shape index (κ2) is 13.0. The third-order valence-electron chi connectivity index (χ3n) is 9.44. The van der Waals surface area contributed by atoms with Gasteiger partial charge in [-0.3, -0.25) is 14.4 Å². The Labute approximate surface area is 259 Å². The summed E-state index contributed by atoms with van der Waals surface area (Å²) in [6.07, 6.45) is 4.86. The van der Waals surface area contributed by atoms with Gasteiger partial charge in [0.25, 0.3) is 0 Å². The van der Waals surface area contributed by atoms with Gasteiger partial charge in [0.1, 0.15) is 17.4 Å². The first-order valence-corrected chi connectivity index (χ1v) is 15.5. The molecule has 3 heterocycles. The molecular formula is C35H43N3O6. The van der Waals surface area contributed by atoms with E-state index in [1.54, 1.807) is 22.0 Å². The van der Waals surface area contributed by atoms with E-state index in [1.165, 1.54) is 4.90 Å². The number of rotatable bonds is 14. The SMILES string of the molecule is C=CCN(Cc1ccccc1)C(=O)C1N(CCO)C(=O)[C@@H]2[C@@H](C(=O)N(CC=C)c3ccc(OCC)cc3)[C@@]3(CC)CCC12O3. The predicted octanol–water partition coefficient (Wildman–Crippen LogP) is 3.97. The molecule has 2 aromatic carbocycles.